The number of benzene rings is 2. The first-order valence-electron chi connectivity index (χ1n) is 7.55. The zero-order chi connectivity index (χ0) is 18.3. The summed E-state index contributed by atoms with van der Waals surface area (Å²) >= 11 is 0. The van der Waals surface area contributed by atoms with E-state index in [0.717, 1.165) is 5.56 Å². The summed E-state index contributed by atoms with van der Waals surface area (Å²) in [6, 6.07) is 15.1. The Labute approximate surface area is 146 Å². The van der Waals surface area contributed by atoms with Gasteiger partial charge in [0.15, 0.2) is 0 Å². The number of nitrogens with one attached hydrogen (secondary N) is 3. The highest BCUT2D eigenvalue weighted by atomic mass is 32.2. The molecule has 0 atom stereocenters. The van der Waals surface area contributed by atoms with Crippen LogP contribution < -0.4 is 15.4 Å². The van der Waals surface area contributed by atoms with E-state index in [1.54, 1.807) is 36.4 Å². The number of anilines is 1. The minimum atomic E-state index is -3.77. The van der Waals surface area contributed by atoms with Crippen molar-refractivity contribution in [2.45, 2.75) is 11.8 Å². The van der Waals surface area contributed by atoms with Gasteiger partial charge >= 0.3 is 0 Å². The molecule has 0 fully saturated rings. The summed E-state index contributed by atoms with van der Waals surface area (Å²) in [4.78, 5) is 23.5. The average molecular weight is 361 g/mol. The largest absolute Gasteiger partial charge is 0.346 e. The number of para-hydroxylation sites is 1. The maximum atomic E-state index is 12.1. The first kappa shape index (κ1) is 18.6. The third-order valence-electron chi connectivity index (χ3n) is 3.26. The highest BCUT2D eigenvalue weighted by molar-refractivity contribution is 7.89. The first-order chi connectivity index (χ1) is 11.9. The van der Waals surface area contributed by atoms with Crippen molar-refractivity contribution in [3.8, 4) is 0 Å². The molecule has 132 valence electrons. The second-order valence-electron chi connectivity index (χ2n) is 5.33. The van der Waals surface area contributed by atoms with E-state index in [9.17, 15) is 18.0 Å². The van der Waals surface area contributed by atoms with Gasteiger partial charge in [0.2, 0.25) is 21.8 Å². The summed E-state index contributed by atoms with van der Waals surface area (Å²) < 4.78 is 26.3. The van der Waals surface area contributed by atoms with Crippen LogP contribution in [0.1, 0.15) is 5.56 Å². The maximum absolute atomic E-state index is 12.1. The molecule has 0 saturated heterocycles. The molecule has 2 aromatic carbocycles. The molecule has 0 heterocycles. The summed E-state index contributed by atoms with van der Waals surface area (Å²) in [6.45, 7) is 1.15. The number of amides is 2. The average Bonchev–Trinajstić information content (AvgIpc) is 2.59. The van der Waals surface area contributed by atoms with E-state index in [-0.39, 0.29) is 11.4 Å². The van der Waals surface area contributed by atoms with Gasteiger partial charge in [-0.2, -0.15) is 0 Å². The Bertz CT molecular complexity index is 834. The predicted octanol–water partition coefficient (Wildman–Crippen LogP) is 1.03. The van der Waals surface area contributed by atoms with E-state index in [1.165, 1.54) is 12.1 Å². The lowest BCUT2D eigenvalue weighted by Gasteiger charge is -2.09. The fourth-order valence-electron chi connectivity index (χ4n) is 1.93. The monoisotopic (exact) mass is 361 g/mol. The van der Waals surface area contributed by atoms with Crippen molar-refractivity contribution in [3.63, 3.8) is 0 Å². The van der Waals surface area contributed by atoms with E-state index >= 15 is 0 Å². The van der Waals surface area contributed by atoms with Gasteiger partial charge in [0, 0.05) is 5.69 Å². The molecule has 0 saturated carbocycles. The molecular formula is C17H19N3O4S. The minimum Gasteiger partial charge on any atom is -0.346 e. The Balaban J connectivity index is 1.78. The zero-order valence-electron chi connectivity index (χ0n) is 13.7. The smallest absolute Gasteiger partial charge is 0.243 e. The molecule has 0 aromatic heterocycles. The van der Waals surface area contributed by atoms with Gasteiger partial charge in [0.25, 0.3) is 0 Å². The summed E-state index contributed by atoms with van der Waals surface area (Å²) in [5.74, 6) is -1.00. The molecule has 2 aromatic rings. The van der Waals surface area contributed by atoms with Crippen molar-refractivity contribution in [1.29, 1.82) is 0 Å². The highest BCUT2D eigenvalue weighted by Gasteiger charge is 2.15. The van der Waals surface area contributed by atoms with Crippen LogP contribution in [0.2, 0.25) is 0 Å². The minimum absolute atomic E-state index is 0.0766. The normalized spacial score (nSPS) is 10.9. The van der Waals surface area contributed by atoms with Crippen LogP contribution in [0.25, 0.3) is 0 Å². The van der Waals surface area contributed by atoms with Crippen molar-refractivity contribution >= 4 is 27.5 Å². The molecule has 3 N–H and O–H groups in total. The molecule has 8 heteroatoms. The Kier molecular flexibility index (Phi) is 6.26. The van der Waals surface area contributed by atoms with Crippen LogP contribution in [0, 0.1) is 6.92 Å². The highest BCUT2D eigenvalue weighted by Crippen LogP contribution is 2.09. The second-order valence-corrected chi connectivity index (χ2v) is 7.10. The SMILES string of the molecule is Cc1ccc(S(=O)(=O)NCC(=O)NCC(=O)Nc2ccccc2)cc1. The van der Waals surface area contributed by atoms with E-state index in [1.807, 2.05) is 13.0 Å². The molecular weight excluding hydrogens is 342 g/mol. The number of carbonyl (C=O) groups is 2. The Morgan fingerprint density at radius 3 is 2.16 bits per heavy atom. The molecule has 0 aliphatic heterocycles. The number of carbonyl (C=O) groups excluding carboxylic acids is 2. The Morgan fingerprint density at radius 1 is 0.880 bits per heavy atom. The van der Waals surface area contributed by atoms with Gasteiger partial charge in [-0.1, -0.05) is 35.9 Å². The fourth-order valence-corrected chi connectivity index (χ4v) is 2.91. The van der Waals surface area contributed by atoms with Crippen LogP contribution in [-0.4, -0.2) is 33.3 Å². The molecule has 0 unspecified atom stereocenters. The van der Waals surface area contributed by atoms with Crippen LogP contribution in [0.3, 0.4) is 0 Å². The molecule has 2 amide bonds. The van der Waals surface area contributed by atoms with Gasteiger partial charge in [0.05, 0.1) is 18.0 Å². The lowest BCUT2D eigenvalue weighted by Crippen LogP contribution is -2.40. The lowest BCUT2D eigenvalue weighted by molar-refractivity contribution is -0.123. The quantitative estimate of drug-likeness (QED) is 0.685. The van der Waals surface area contributed by atoms with Gasteiger partial charge < -0.3 is 10.6 Å². The van der Waals surface area contributed by atoms with E-state index in [2.05, 4.69) is 15.4 Å². The van der Waals surface area contributed by atoms with Crippen LogP contribution >= 0.6 is 0 Å². The van der Waals surface area contributed by atoms with E-state index in [0.29, 0.717) is 5.69 Å². The first-order valence-corrected chi connectivity index (χ1v) is 9.03. The van der Waals surface area contributed by atoms with Crippen molar-refractivity contribution in [2.75, 3.05) is 18.4 Å². The topological polar surface area (TPSA) is 104 Å². The van der Waals surface area contributed by atoms with Gasteiger partial charge in [-0.15, -0.1) is 0 Å². The molecule has 2 rings (SSSR count). The van der Waals surface area contributed by atoms with Gasteiger partial charge in [-0.25, -0.2) is 13.1 Å². The molecule has 0 spiro atoms. The van der Waals surface area contributed by atoms with Crippen molar-refractivity contribution in [1.82, 2.24) is 10.0 Å². The molecule has 0 bridgehead atoms. The summed E-state index contributed by atoms with van der Waals surface area (Å²) in [7, 11) is -3.77. The molecule has 0 aliphatic rings. The number of aryl methyl sites for hydroxylation is 1. The molecule has 7 nitrogen and oxygen atoms in total. The molecule has 25 heavy (non-hydrogen) atoms. The van der Waals surface area contributed by atoms with Crippen LogP contribution in [0.15, 0.2) is 59.5 Å². The van der Waals surface area contributed by atoms with Crippen molar-refractivity contribution in [3.05, 3.63) is 60.2 Å². The number of sulfonamides is 1. The number of rotatable bonds is 7. The Morgan fingerprint density at radius 2 is 1.52 bits per heavy atom. The predicted molar refractivity (Wildman–Crippen MR) is 94.4 cm³/mol. The standard InChI is InChI=1S/C17H19N3O4S/c1-13-7-9-15(10-8-13)25(23,24)19-12-16(21)18-11-17(22)20-14-5-3-2-4-6-14/h2-10,19H,11-12H2,1H3,(H,18,21)(H,20,22). The van der Waals surface area contributed by atoms with Crippen LogP contribution in [0.5, 0.6) is 0 Å². The zero-order valence-corrected chi connectivity index (χ0v) is 14.5. The number of hydrogen-bond acceptors (Lipinski definition) is 4. The van der Waals surface area contributed by atoms with Gasteiger partial charge in [0.1, 0.15) is 0 Å². The Hall–Kier alpha value is -2.71. The molecule has 0 radical (unpaired) electrons. The van der Waals surface area contributed by atoms with Crippen molar-refractivity contribution < 1.29 is 18.0 Å². The summed E-state index contributed by atoms with van der Waals surface area (Å²) in [5.41, 5.74) is 1.54. The third kappa shape index (κ3) is 6.02. The van der Waals surface area contributed by atoms with Gasteiger partial charge in [-0.05, 0) is 31.2 Å². The second kappa shape index (κ2) is 8.41. The fraction of sp³-hybridized carbons (Fsp3) is 0.176. The number of hydrogen-bond donors (Lipinski definition) is 3. The third-order valence-corrected chi connectivity index (χ3v) is 4.67. The van der Waals surface area contributed by atoms with Gasteiger partial charge in [-0.3, -0.25) is 9.59 Å². The van der Waals surface area contributed by atoms with Crippen LogP contribution in [0.4, 0.5) is 5.69 Å². The summed E-state index contributed by atoms with van der Waals surface area (Å²) in [6.07, 6.45) is 0. The molecule has 0 aliphatic carbocycles. The van der Waals surface area contributed by atoms with Crippen molar-refractivity contribution in [2.24, 2.45) is 0 Å². The lowest BCUT2D eigenvalue weighted by atomic mass is 10.2. The van der Waals surface area contributed by atoms with E-state index < -0.39 is 28.4 Å². The summed E-state index contributed by atoms with van der Waals surface area (Å²) in [5, 5.41) is 4.97. The maximum Gasteiger partial charge on any atom is 0.243 e. The van der Waals surface area contributed by atoms with E-state index in [4.69, 9.17) is 0 Å². The van der Waals surface area contributed by atoms with Crippen LogP contribution in [-0.2, 0) is 19.6 Å².